The van der Waals surface area contributed by atoms with Gasteiger partial charge in [0.25, 0.3) is 0 Å². The fraction of sp³-hybridized carbons (Fsp3) is 0.682. The highest BCUT2D eigenvalue weighted by molar-refractivity contribution is 7.91. The molecular weight excluding hydrogens is 477 g/mol. The van der Waals surface area contributed by atoms with Gasteiger partial charge in [0, 0.05) is 39.8 Å². The van der Waals surface area contributed by atoms with E-state index in [-0.39, 0.29) is 32.0 Å². The Morgan fingerprint density at radius 1 is 1.06 bits per heavy atom. The summed E-state index contributed by atoms with van der Waals surface area (Å²) in [5, 5.41) is 0. The van der Waals surface area contributed by atoms with E-state index < -0.39 is 32.5 Å². The monoisotopic (exact) mass is 508 g/mol. The fourth-order valence-electron chi connectivity index (χ4n) is 4.46. The van der Waals surface area contributed by atoms with Crippen LogP contribution in [0.15, 0.2) is 24.3 Å². The second kappa shape index (κ2) is 10.8. The zero-order chi connectivity index (χ0) is 25.0. The summed E-state index contributed by atoms with van der Waals surface area (Å²) >= 11 is 0. The van der Waals surface area contributed by atoms with E-state index in [1.54, 1.807) is 7.11 Å². The number of nitrogens with zero attached hydrogens (tertiary/aromatic N) is 2. The minimum atomic E-state index is -4.42. The maximum absolute atomic E-state index is 13.6. The van der Waals surface area contributed by atoms with Gasteiger partial charge >= 0.3 is 12.1 Å². The zero-order valence-corrected chi connectivity index (χ0v) is 20.2. The van der Waals surface area contributed by atoms with Crippen molar-refractivity contribution in [2.75, 3.05) is 53.6 Å². The average Bonchev–Trinajstić information content (AvgIpc) is 2.82. The summed E-state index contributed by atoms with van der Waals surface area (Å²) in [6, 6.07) is 4.42. The lowest BCUT2D eigenvalue weighted by atomic mass is 9.96. The third-order valence-electron chi connectivity index (χ3n) is 6.55. The van der Waals surface area contributed by atoms with Crippen molar-refractivity contribution in [3.05, 3.63) is 29.8 Å². The number of halogens is 3. The Morgan fingerprint density at radius 2 is 1.65 bits per heavy atom. The maximum Gasteiger partial charge on any atom is 0.416 e. The molecule has 2 saturated heterocycles. The number of carbonyl (C=O) groups is 1. The molecule has 0 bridgehead atoms. The van der Waals surface area contributed by atoms with E-state index >= 15 is 0 Å². The summed E-state index contributed by atoms with van der Waals surface area (Å²) in [4.78, 5) is 14.8. The number of hydrogen-bond donors (Lipinski definition) is 0. The van der Waals surface area contributed by atoms with E-state index in [1.807, 2.05) is 0 Å². The van der Waals surface area contributed by atoms with Gasteiger partial charge in [0.2, 0.25) is 10.0 Å². The summed E-state index contributed by atoms with van der Waals surface area (Å²) in [5.74, 6) is -0.453. The molecule has 0 unspecified atom stereocenters. The van der Waals surface area contributed by atoms with Crippen molar-refractivity contribution in [1.29, 1.82) is 0 Å². The van der Waals surface area contributed by atoms with Gasteiger partial charge in [0.05, 0.1) is 19.3 Å². The lowest BCUT2D eigenvalue weighted by Crippen LogP contribution is -2.60. The summed E-state index contributed by atoms with van der Waals surface area (Å²) in [7, 11) is -1.21. The van der Waals surface area contributed by atoms with E-state index in [0.717, 1.165) is 12.1 Å². The lowest BCUT2D eigenvalue weighted by Gasteiger charge is -2.42. The molecule has 192 valence electrons. The molecule has 0 amide bonds. The SMILES string of the molecule is COCCN1CCC(C(=O)OC)(S(=O)(=O)N2CCC(Oc3ccc(C(F)(F)F)cc3)CC2)CC1. The van der Waals surface area contributed by atoms with Crippen molar-refractivity contribution in [1.82, 2.24) is 9.21 Å². The predicted molar refractivity (Wildman–Crippen MR) is 118 cm³/mol. The van der Waals surface area contributed by atoms with Crippen molar-refractivity contribution in [2.24, 2.45) is 0 Å². The number of carbonyl (C=O) groups excluding carboxylic acids is 1. The average molecular weight is 509 g/mol. The molecular formula is C22H31F3N2O6S. The highest BCUT2D eigenvalue weighted by Gasteiger charge is 2.56. The number of hydrogen-bond acceptors (Lipinski definition) is 7. The van der Waals surface area contributed by atoms with E-state index in [9.17, 15) is 26.4 Å². The first-order valence-corrected chi connectivity index (χ1v) is 12.6. The molecule has 0 saturated carbocycles. The highest BCUT2D eigenvalue weighted by Crippen LogP contribution is 2.36. The zero-order valence-electron chi connectivity index (χ0n) is 19.3. The molecule has 0 radical (unpaired) electrons. The lowest BCUT2D eigenvalue weighted by molar-refractivity contribution is -0.145. The summed E-state index contributed by atoms with van der Waals surface area (Å²) in [5.41, 5.74) is -0.762. The standard InChI is InChI=1S/C22H31F3N2O6S/c1-31-16-15-26-13-9-21(10-14-26,20(28)32-2)34(29,30)27-11-7-19(8-12-27)33-18-5-3-17(4-6-18)22(23,24)25/h3-6,19H,7-16H2,1-2H3. The minimum absolute atomic E-state index is 0.133. The van der Waals surface area contributed by atoms with E-state index in [2.05, 4.69) is 4.90 Å². The first-order chi connectivity index (χ1) is 16.0. The number of rotatable bonds is 8. The first-order valence-electron chi connectivity index (χ1n) is 11.2. The smallest absolute Gasteiger partial charge is 0.416 e. The highest BCUT2D eigenvalue weighted by atomic mass is 32.2. The molecule has 1 aromatic carbocycles. The van der Waals surface area contributed by atoms with Crippen molar-refractivity contribution in [3.63, 3.8) is 0 Å². The van der Waals surface area contributed by atoms with Crippen LogP contribution in [0.3, 0.4) is 0 Å². The molecule has 0 spiro atoms. The van der Waals surface area contributed by atoms with Gasteiger partial charge in [-0.05, 0) is 49.9 Å². The van der Waals surface area contributed by atoms with Gasteiger partial charge in [0.15, 0.2) is 4.75 Å². The molecule has 0 N–H and O–H groups in total. The maximum atomic E-state index is 13.6. The van der Waals surface area contributed by atoms with Crippen LogP contribution in [-0.4, -0.2) is 88.0 Å². The molecule has 3 rings (SSSR count). The Kier molecular flexibility index (Phi) is 8.48. The van der Waals surface area contributed by atoms with Crippen molar-refractivity contribution < 1.29 is 40.6 Å². The van der Waals surface area contributed by atoms with E-state index in [4.69, 9.17) is 14.2 Å². The van der Waals surface area contributed by atoms with Gasteiger partial charge in [-0.25, -0.2) is 12.7 Å². The number of likely N-dealkylation sites (tertiary alicyclic amines) is 1. The van der Waals surface area contributed by atoms with E-state index in [0.29, 0.717) is 44.8 Å². The topological polar surface area (TPSA) is 85.4 Å². The molecule has 8 nitrogen and oxygen atoms in total. The molecule has 34 heavy (non-hydrogen) atoms. The van der Waals surface area contributed by atoms with Gasteiger partial charge in [-0.2, -0.15) is 13.2 Å². The quantitative estimate of drug-likeness (QED) is 0.499. The van der Waals surface area contributed by atoms with Gasteiger partial charge in [-0.3, -0.25) is 4.79 Å². The number of benzene rings is 1. The minimum Gasteiger partial charge on any atom is -0.490 e. The Balaban J connectivity index is 1.63. The van der Waals surface area contributed by atoms with Gasteiger partial charge in [-0.1, -0.05) is 0 Å². The normalized spacial score (nSPS) is 20.7. The first kappa shape index (κ1) is 26.7. The van der Waals surface area contributed by atoms with Crippen LogP contribution in [-0.2, 0) is 30.5 Å². The van der Waals surface area contributed by atoms with Crippen molar-refractivity contribution in [3.8, 4) is 5.75 Å². The van der Waals surface area contributed by atoms with Crippen LogP contribution in [0.4, 0.5) is 13.2 Å². The molecule has 2 heterocycles. The molecule has 1 aromatic rings. The van der Waals surface area contributed by atoms with Crippen LogP contribution >= 0.6 is 0 Å². The van der Waals surface area contributed by atoms with Gasteiger partial charge in [0.1, 0.15) is 11.9 Å². The van der Waals surface area contributed by atoms with Gasteiger partial charge < -0.3 is 19.1 Å². The molecule has 2 fully saturated rings. The molecule has 2 aliphatic rings. The molecule has 0 atom stereocenters. The Morgan fingerprint density at radius 3 is 2.15 bits per heavy atom. The Labute approximate surface area is 198 Å². The van der Waals surface area contributed by atoms with Crippen LogP contribution in [0.2, 0.25) is 0 Å². The summed E-state index contributed by atoms with van der Waals surface area (Å²) < 4.78 is 80.9. The van der Waals surface area contributed by atoms with Crippen molar-refractivity contribution in [2.45, 2.75) is 42.7 Å². The Bertz CT molecular complexity index is 923. The largest absolute Gasteiger partial charge is 0.490 e. The Hall–Kier alpha value is -1.89. The number of esters is 1. The molecule has 12 heteroatoms. The number of alkyl halides is 3. The summed E-state index contributed by atoms with van der Waals surface area (Å²) in [6.07, 6.45) is -3.78. The number of piperidine rings is 2. The van der Waals surface area contributed by atoms with Crippen molar-refractivity contribution >= 4 is 16.0 Å². The van der Waals surface area contributed by atoms with Crippen LogP contribution in [0.5, 0.6) is 5.75 Å². The third kappa shape index (κ3) is 5.67. The van der Waals surface area contributed by atoms with Crippen LogP contribution in [0.1, 0.15) is 31.2 Å². The summed E-state index contributed by atoms with van der Waals surface area (Å²) in [6.45, 7) is 2.35. The van der Waals surface area contributed by atoms with Crippen LogP contribution in [0, 0.1) is 0 Å². The predicted octanol–water partition coefficient (Wildman–Crippen LogP) is 2.53. The number of ether oxygens (including phenoxy) is 3. The number of sulfonamides is 1. The van der Waals surface area contributed by atoms with Crippen LogP contribution in [0.25, 0.3) is 0 Å². The van der Waals surface area contributed by atoms with E-state index in [1.165, 1.54) is 23.5 Å². The fourth-order valence-corrected chi connectivity index (χ4v) is 6.64. The molecule has 0 aliphatic carbocycles. The van der Waals surface area contributed by atoms with Crippen LogP contribution < -0.4 is 4.74 Å². The third-order valence-corrected chi connectivity index (χ3v) is 9.16. The second-order valence-corrected chi connectivity index (χ2v) is 10.8. The van der Waals surface area contributed by atoms with Gasteiger partial charge in [-0.15, -0.1) is 0 Å². The number of methoxy groups -OCH3 is 2. The molecule has 2 aliphatic heterocycles. The molecule has 0 aromatic heterocycles. The second-order valence-electron chi connectivity index (χ2n) is 8.56.